The molecule has 1 aliphatic rings. The van der Waals surface area contributed by atoms with Crippen molar-refractivity contribution in [2.45, 2.75) is 75.4 Å². The highest BCUT2D eigenvalue weighted by molar-refractivity contribution is 7.99. The Labute approximate surface area is 133 Å². The van der Waals surface area contributed by atoms with Gasteiger partial charge in [0.25, 0.3) is 0 Å². The second-order valence-corrected chi connectivity index (χ2v) is 6.95. The molecule has 1 aromatic carbocycles. The van der Waals surface area contributed by atoms with Crippen LogP contribution in [-0.2, 0) is 0 Å². The third-order valence-electron chi connectivity index (χ3n) is 4.06. The quantitative estimate of drug-likeness (QED) is 0.648. The van der Waals surface area contributed by atoms with E-state index in [9.17, 15) is 5.11 Å². The van der Waals surface area contributed by atoms with E-state index in [4.69, 9.17) is 4.74 Å². The highest BCUT2D eigenvalue weighted by atomic mass is 32.2. The zero-order valence-corrected chi connectivity index (χ0v) is 13.9. The molecule has 0 saturated heterocycles. The van der Waals surface area contributed by atoms with Gasteiger partial charge in [-0.1, -0.05) is 64.0 Å². The van der Waals surface area contributed by atoms with Crippen molar-refractivity contribution in [1.29, 1.82) is 0 Å². The summed E-state index contributed by atoms with van der Waals surface area (Å²) in [5.41, 5.74) is 0. The van der Waals surface area contributed by atoms with Gasteiger partial charge in [0.05, 0.1) is 6.10 Å². The van der Waals surface area contributed by atoms with E-state index < -0.39 is 0 Å². The van der Waals surface area contributed by atoms with E-state index in [1.54, 1.807) is 11.8 Å². The molecule has 0 radical (unpaired) electrons. The number of benzene rings is 1. The number of unbranched alkanes of at least 4 members (excludes halogenated alkanes) is 6. The lowest BCUT2D eigenvalue weighted by atomic mass is 10.0. The smallest absolute Gasteiger partial charge is 0.134 e. The summed E-state index contributed by atoms with van der Waals surface area (Å²) in [6.45, 7) is 2.25. The number of hydrogen-bond donors (Lipinski definition) is 1. The molecule has 2 unspecified atom stereocenters. The molecule has 2 atom stereocenters. The van der Waals surface area contributed by atoms with E-state index in [2.05, 4.69) is 13.0 Å². The first kappa shape index (κ1) is 16.7. The molecule has 2 rings (SSSR count). The summed E-state index contributed by atoms with van der Waals surface area (Å²) in [5.74, 6) is 1.78. The second-order valence-electron chi connectivity index (χ2n) is 5.89. The van der Waals surface area contributed by atoms with Crippen molar-refractivity contribution in [3.8, 4) is 5.75 Å². The van der Waals surface area contributed by atoms with Gasteiger partial charge in [-0.25, -0.2) is 0 Å². The number of aliphatic hydroxyl groups excluding tert-OH is 1. The van der Waals surface area contributed by atoms with Crippen LogP contribution in [0.3, 0.4) is 0 Å². The van der Waals surface area contributed by atoms with E-state index in [0.717, 1.165) is 24.3 Å². The largest absolute Gasteiger partial charge is 0.486 e. The molecule has 1 aromatic rings. The SMILES string of the molecule is CCCCCCCCCC(O)C1CSc2ccccc2O1. The van der Waals surface area contributed by atoms with E-state index in [0.29, 0.717) is 0 Å². The monoisotopic (exact) mass is 308 g/mol. The fourth-order valence-corrected chi connectivity index (χ4v) is 3.79. The maximum atomic E-state index is 10.3. The molecule has 21 heavy (non-hydrogen) atoms. The van der Waals surface area contributed by atoms with Gasteiger partial charge >= 0.3 is 0 Å². The number of fused-ring (bicyclic) bond motifs is 1. The lowest BCUT2D eigenvalue weighted by Gasteiger charge is -2.29. The third-order valence-corrected chi connectivity index (χ3v) is 5.21. The van der Waals surface area contributed by atoms with Gasteiger partial charge < -0.3 is 9.84 Å². The molecule has 0 saturated carbocycles. The minimum absolute atomic E-state index is 0.0509. The predicted octanol–water partition coefficient (Wildman–Crippen LogP) is 5.04. The van der Waals surface area contributed by atoms with Gasteiger partial charge in [0, 0.05) is 10.6 Å². The zero-order valence-electron chi connectivity index (χ0n) is 13.1. The van der Waals surface area contributed by atoms with E-state index in [1.807, 2.05) is 18.2 Å². The van der Waals surface area contributed by atoms with Crippen molar-refractivity contribution in [3.63, 3.8) is 0 Å². The highest BCUT2D eigenvalue weighted by Crippen LogP contribution is 2.36. The third kappa shape index (κ3) is 5.55. The standard InChI is InChI=1S/C18H28O2S/c1-2-3-4-5-6-7-8-11-15(19)17-14-21-18-13-10-9-12-16(18)20-17/h9-10,12-13,15,17,19H,2-8,11,14H2,1H3. The minimum Gasteiger partial charge on any atom is -0.486 e. The van der Waals surface area contributed by atoms with Crippen LogP contribution in [0.2, 0.25) is 0 Å². The molecular weight excluding hydrogens is 280 g/mol. The van der Waals surface area contributed by atoms with Crippen molar-refractivity contribution >= 4 is 11.8 Å². The van der Waals surface area contributed by atoms with Crippen LogP contribution in [-0.4, -0.2) is 23.1 Å². The molecule has 0 aliphatic carbocycles. The van der Waals surface area contributed by atoms with Crippen LogP contribution in [0.1, 0.15) is 58.3 Å². The van der Waals surface area contributed by atoms with Gasteiger partial charge in [-0.2, -0.15) is 0 Å². The Morgan fingerprint density at radius 3 is 2.67 bits per heavy atom. The number of rotatable bonds is 9. The number of hydrogen-bond acceptors (Lipinski definition) is 3. The topological polar surface area (TPSA) is 29.5 Å². The molecule has 1 N–H and O–H groups in total. The summed E-state index contributed by atoms with van der Waals surface area (Å²) < 4.78 is 5.93. The zero-order chi connectivity index (χ0) is 14.9. The van der Waals surface area contributed by atoms with Gasteiger partial charge in [-0.15, -0.1) is 11.8 Å². The normalized spacial score (nSPS) is 18.9. The van der Waals surface area contributed by atoms with Crippen molar-refractivity contribution in [1.82, 2.24) is 0 Å². The average Bonchev–Trinajstić information content (AvgIpc) is 2.53. The highest BCUT2D eigenvalue weighted by Gasteiger charge is 2.26. The first-order valence-electron chi connectivity index (χ1n) is 8.38. The summed E-state index contributed by atoms with van der Waals surface area (Å²) in [6, 6.07) is 8.10. The van der Waals surface area contributed by atoms with E-state index >= 15 is 0 Å². The second kappa shape index (κ2) is 9.37. The predicted molar refractivity (Wildman–Crippen MR) is 90.2 cm³/mol. The maximum Gasteiger partial charge on any atom is 0.134 e. The summed E-state index contributed by atoms with van der Waals surface area (Å²) in [5, 5.41) is 10.3. The van der Waals surface area contributed by atoms with Gasteiger partial charge in [-0.05, 0) is 18.6 Å². The molecular formula is C18H28O2S. The molecule has 2 nitrogen and oxygen atoms in total. The Morgan fingerprint density at radius 2 is 1.86 bits per heavy atom. The number of ether oxygens (including phenoxy) is 1. The Balaban J connectivity index is 1.62. The van der Waals surface area contributed by atoms with Crippen LogP contribution in [0.5, 0.6) is 5.75 Å². The molecule has 0 fully saturated rings. The Bertz CT molecular complexity index is 408. The van der Waals surface area contributed by atoms with Crippen LogP contribution in [0, 0.1) is 0 Å². The Hall–Kier alpha value is -0.670. The van der Waals surface area contributed by atoms with Gasteiger partial charge in [-0.3, -0.25) is 0 Å². The van der Waals surface area contributed by atoms with E-state index in [1.165, 1.54) is 43.4 Å². The lowest BCUT2D eigenvalue weighted by Crippen LogP contribution is -2.35. The Morgan fingerprint density at radius 1 is 1.14 bits per heavy atom. The fourth-order valence-electron chi connectivity index (χ4n) is 2.72. The lowest BCUT2D eigenvalue weighted by molar-refractivity contribution is 0.0391. The molecule has 1 aliphatic heterocycles. The average molecular weight is 308 g/mol. The molecule has 0 aromatic heterocycles. The minimum atomic E-state index is -0.332. The van der Waals surface area contributed by atoms with Gasteiger partial charge in [0.15, 0.2) is 0 Å². The van der Waals surface area contributed by atoms with Crippen LogP contribution in [0.4, 0.5) is 0 Å². The number of para-hydroxylation sites is 1. The van der Waals surface area contributed by atoms with Crippen molar-refractivity contribution in [3.05, 3.63) is 24.3 Å². The molecule has 3 heteroatoms. The molecule has 0 amide bonds. The van der Waals surface area contributed by atoms with E-state index in [-0.39, 0.29) is 12.2 Å². The summed E-state index contributed by atoms with van der Waals surface area (Å²) in [4.78, 5) is 1.19. The summed E-state index contributed by atoms with van der Waals surface area (Å²) >= 11 is 1.79. The van der Waals surface area contributed by atoms with Crippen molar-refractivity contribution in [2.24, 2.45) is 0 Å². The molecule has 0 bridgehead atoms. The number of thioether (sulfide) groups is 1. The summed E-state index contributed by atoms with van der Waals surface area (Å²) in [6.07, 6.45) is 9.48. The fraction of sp³-hybridized carbons (Fsp3) is 0.667. The van der Waals surface area contributed by atoms with Crippen LogP contribution in [0.25, 0.3) is 0 Å². The molecule has 0 spiro atoms. The maximum absolute atomic E-state index is 10.3. The van der Waals surface area contributed by atoms with Crippen LogP contribution >= 0.6 is 11.8 Å². The number of aliphatic hydroxyl groups is 1. The van der Waals surface area contributed by atoms with Gasteiger partial charge in [0.1, 0.15) is 11.9 Å². The van der Waals surface area contributed by atoms with Crippen molar-refractivity contribution in [2.75, 3.05) is 5.75 Å². The van der Waals surface area contributed by atoms with Crippen molar-refractivity contribution < 1.29 is 9.84 Å². The molecule has 118 valence electrons. The van der Waals surface area contributed by atoms with Crippen LogP contribution < -0.4 is 4.74 Å². The summed E-state index contributed by atoms with van der Waals surface area (Å²) in [7, 11) is 0. The van der Waals surface area contributed by atoms with Crippen LogP contribution in [0.15, 0.2) is 29.2 Å². The molecule has 1 heterocycles. The van der Waals surface area contributed by atoms with Gasteiger partial charge in [0.2, 0.25) is 0 Å². The first-order chi connectivity index (χ1) is 10.3. The first-order valence-corrected chi connectivity index (χ1v) is 9.36. The Kier molecular flexibility index (Phi) is 7.45.